The van der Waals surface area contributed by atoms with Crippen LogP contribution in [0.25, 0.3) is 0 Å². The van der Waals surface area contributed by atoms with Gasteiger partial charge in [0, 0.05) is 25.4 Å². The quantitative estimate of drug-likeness (QED) is 0.843. The lowest BCUT2D eigenvalue weighted by Crippen LogP contribution is -2.29. The van der Waals surface area contributed by atoms with Gasteiger partial charge in [0.1, 0.15) is 0 Å². The van der Waals surface area contributed by atoms with Gasteiger partial charge >= 0.3 is 0 Å². The third-order valence-electron chi connectivity index (χ3n) is 3.89. The normalized spacial score (nSPS) is 20.3. The Hall–Kier alpha value is -1.03. The maximum atomic E-state index is 12.1. The molecule has 0 radical (unpaired) electrons. The third kappa shape index (κ3) is 5.03. The first-order chi connectivity index (χ1) is 9.26. The zero-order valence-corrected chi connectivity index (χ0v) is 13.7. The van der Waals surface area contributed by atoms with Crippen LogP contribution in [0.1, 0.15) is 24.3 Å². The molecule has 1 aromatic carbocycles. The second-order valence-corrected chi connectivity index (χ2v) is 5.14. The number of rotatable bonds is 5. The van der Waals surface area contributed by atoms with Crippen LogP contribution in [0.3, 0.4) is 0 Å². The largest absolute Gasteiger partial charge is 0.342 e. The van der Waals surface area contributed by atoms with E-state index in [9.17, 15) is 4.79 Å². The van der Waals surface area contributed by atoms with Crippen molar-refractivity contribution in [3.05, 3.63) is 48.6 Å². The zero-order chi connectivity index (χ0) is 13.7. The van der Waals surface area contributed by atoms with Gasteiger partial charge in [-0.15, -0.1) is 31.4 Å². The molecule has 21 heavy (non-hydrogen) atoms. The Kier molecular flexibility index (Phi) is 9.34. The molecule has 2 atom stereocenters. The predicted molar refractivity (Wildman–Crippen MR) is 92.2 cm³/mol. The van der Waals surface area contributed by atoms with Crippen LogP contribution in [0.5, 0.6) is 0 Å². The van der Waals surface area contributed by atoms with Crippen molar-refractivity contribution in [2.24, 2.45) is 11.7 Å². The van der Waals surface area contributed by atoms with Gasteiger partial charge in [-0.3, -0.25) is 4.79 Å². The molecule has 1 heterocycles. The molecule has 0 aromatic heterocycles. The van der Waals surface area contributed by atoms with Crippen molar-refractivity contribution in [1.29, 1.82) is 0 Å². The van der Waals surface area contributed by atoms with Crippen LogP contribution >= 0.6 is 24.8 Å². The number of hydrogen-bond donors (Lipinski definition) is 1. The molecule has 5 heteroatoms. The Balaban J connectivity index is 0.00000200. The molecule has 0 bridgehead atoms. The van der Waals surface area contributed by atoms with Crippen molar-refractivity contribution in [1.82, 2.24) is 4.90 Å². The van der Waals surface area contributed by atoms with E-state index < -0.39 is 0 Å². The summed E-state index contributed by atoms with van der Waals surface area (Å²) in [5.74, 6) is 0.964. The average molecular weight is 331 g/mol. The first-order valence-electron chi connectivity index (χ1n) is 6.90. The van der Waals surface area contributed by atoms with Crippen molar-refractivity contribution in [2.45, 2.75) is 18.8 Å². The van der Waals surface area contributed by atoms with E-state index in [2.05, 4.69) is 18.7 Å². The van der Waals surface area contributed by atoms with Crippen LogP contribution in [-0.4, -0.2) is 30.4 Å². The van der Waals surface area contributed by atoms with Crippen molar-refractivity contribution in [3.8, 4) is 0 Å². The fraction of sp³-hybridized carbons (Fsp3) is 0.438. The zero-order valence-electron chi connectivity index (χ0n) is 12.1. The maximum absolute atomic E-state index is 12.1. The molecule has 0 aliphatic carbocycles. The topological polar surface area (TPSA) is 46.3 Å². The minimum atomic E-state index is 0. The van der Waals surface area contributed by atoms with Gasteiger partial charge in [0.15, 0.2) is 0 Å². The first kappa shape index (κ1) is 20.0. The van der Waals surface area contributed by atoms with Crippen molar-refractivity contribution >= 4 is 30.7 Å². The molecule has 1 saturated heterocycles. The number of carbonyl (C=O) groups is 1. The number of benzene rings is 1. The van der Waals surface area contributed by atoms with Crippen molar-refractivity contribution < 1.29 is 4.79 Å². The number of hydrogen-bond acceptors (Lipinski definition) is 2. The van der Waals surface area contributed by atoms with Gasteiger partial charge in [0.2, 0.25) is 5.91 Å². The summed E-state index contributed by atoms with van der Waals surface area (Å²) in [5, 5.41) is 0. The molecular weight excluding hydrogens is 307 g/mol. The Morgan fingerprint density at radius 2 is 1.95 bits per heavy atom. The number of allylic oxidation sites excluding steroid dienone is 1. The summed E-state index contributed by atoms with van der Waals surface area (Å²) < 4.78 is 0. The summed E-state index contributed by atoms with van der Waals surface area (Å²) >= 11 is 0. The van der Waals surface area contributed by atoms with Gasteiger partial charge in [-0.05, 0) is 24.4 Å². The summed E-state index contributed by atoms with van der Waals surface area (Å²) in [6.07, 6.45) is 3.10. The molecule has 118 valence electrons. The van der Waals surface area contributed by atoms with E-state index in [-0.39, 0.29) is 30.7 Å². The van der Waals surface area contributed by atoms with Gasteiger partial charge in [-0.25, -0.2) is 0 Å². The lowest BCUT2D eigenvalue weighted by molar-refractivity contribution is -0.130. The number of nitrogens with two attached hydrogens (primary N) is 1. The summed E-state index contributed by atoms with van der Waals surface area (Å²) in [5.41, 5.74) is 7.16. The van der Waals surface area contributed by atoms with Crippen molar-refractivity contribution in [2.75, 3.05) is 19.6 Å². The van der Waals surface area contributed by atoms with E-state index in [0.717, 1.165) is 19.5 Å². The number of carbonyl (C=O) groups excluding carboxylic acids is 1. The van der Waals surface area contributed by atoms with Gasteiger partial charge in [-0.1, -0.05) is 36.4 Å². The van der Waals surface area contributed by atoms with Crippen LogP contribution in [0, 0.1) is 5.92 Å². The van der Waals surface area contributed by atoms with Crippen LogP contribution < -0.4 is 5.73 Å². The number of halogens is 2. The Morgan fingerprint density at radius 1 is 1.29 bits per heavy atom. The molecular formula is C16H24Cl2N2O. The molecule has 0 spiro atoms. The summed E-state index contributed by atoms with van der Waals surface area (Å²) in [7, 11) is 0. The SMILES string of the molecule is C=CCCC(=O)N1C[C@@H](CN)[C@H](c2ccccc2)C1.Cl.Cl. The second-order valence-electron chi connectivity index (χ2n) is 5.14. The van der Waals surface area contributed by atoms with E-state index >= 15 is 0 Å². The fourth-order valence-corrected chi connectivity index (χ4v) is 2.78. The molecule has 2 N–H and O–H groups in total. The van der Waals surface area contributed by atoms with E-state index in [1.807, 2.05) is 23.1 Å². The molecule has 2 rings (SSSR count). The van der Waals surface area contributed by atoms with Crippen LogP contribution in [0.4, 0.5) is 0 Å². The molecule has 0 unspecified atom stereocenters. The molecule has 3 nitrogen and oxygen atoms in total. The molecule has 1 aliphatic rings. The number of nitrogens with zero attached hydrogens (tertiary/aromatic N) is 1. The highest BCUT2D eigenvalue weighted by molar-refractivity contribution is 5.85. The van der Waals surface area contributed by atoms with Crippen LogP contribution in [0.15, 0.2) is 43.0 Å². The van der Waals surface area contributed by atoms with Gasteiger partial charge in [0.25, 0.3) is 0 Å². The van der Waals surface area contributed by atoms with Gasteiger partial charge < -0.3 is 10.6 Å². The molecule has 1 aliphatic heterocycles. The number of likely N-dealkylation sites (tertiary alicyclic amines) is 1. The lowest BCUT2D eigenvalue weighted by atomic mass is 9.89. The van der Waals surface area contributed by atoms with E-state index in [4.69, 9.17) is 5.73 Å². The van der Waals surface area contributed by atoms with Crippen molar-refractivity contribution in [3.63, 3.8) is 0 Å². The Labute approximate surface area is 139 Å². The van der Waals surface area contributed by atoms with E-state index in [0.29, 0.717) is 24.8 Å². The predicted octanol–water partition coefficient (Wildman–Crippen LogP) is 3.00. The van der Waals surface area contributed by atoms with Crippen LogP contribution in [0.2, 0.25) is 0 Å². The lowest BCUT2D eigenvalue weighted by Gasteiger charge is -2.16. The van der Waals surface area contributed by atoms with E-state index in [1.165, 1.54) is 5.56 Å². The minimum absolute atomic E-state index is 0. The highest BCUT2D eigenvalue weighted by Crippen LogP contribution is 2.32. The summed E-state index contributed by atoms with van der Waals surface area (Å²) in [6, 6.07) is 10.4. The first-order valence-corrected chi connectivity index (χ1v) is 6.90. The fourth-order valence-electron chi connectivity index (χ4n) is 2.78. The maximum Gasteiger partial charge on any atom is 0.222 e. The molecule has 0 saturated carbocycles. The third-order valence-corrected chi connectivity index (χ3v) is 3.89. The highest BCUT2D eigenvalue weighted by Gasteiger charge is 2.34. The Morgan fingerprint density at radius 3 is 2.52 bits per heavy atom. The molecule has 1 amide bonds. The standard InChI is InChI=1S/C16H22N2O.2ClH/c1-2-3-9-16(19)18-11-14(10-17)15(12-18)13-7-5-4-6-8-13;;/h2,4-8,14-15H,1,3,9-12,17H2;2*1H/t14-,15+;;/m1../s1. The molecule has 1 aromatic rings. The van der Waals surface area contributed by atoms with E-state index in [1.54, 1.807) is 6.08 Å². The monoisotopic (exact) mass is 330 g/mol. The van der Waals surface area contributed by atoms with Gasteiger partial charge in [0.05, 0.1) is 0 Å². The summed E-state index contributed by atoms with van der Waals surface area (Å²) in [4.78, 5) is 14.0. The number of amides is 1. The highest BCUT2D eigenvalue weighted by atomic mass is 35.5. The smallest absolute Gasteiger partial charge is 0.222 e. The van der Waals surface area contributed by atoms with Crippen LogP contribution in [-0.2, 0) is 4.79 Å². The average Bonchev–Trinajstić information content (AvgIpc) is 2.90. The molecule has 1 fully saturated rings. The summed E-state index contributed by atoms with van der Waals surface area (Å²) in [6.45, 7) is 5.87. The Bertz CT molecular complexity index is 439. The minimum Gasteiger partial charge on any atom is -0.342 e. The van der Waals surface area contributed by atoms with Gasteiger partial charge in [-0.2, -0.15) is 0 Å². The second kappa shape index (κ2) is 9.82.